The van der Waals surface area contributed by atoms with Gasteiger partial charge in [0.25, 0.3) is 17.5 Å². The molecule has 2 amide bonds. The Labute approximate surface area is 157 Å². The maximum Gasteiger partial charge on any atom is 0.269 e. The average Bonchev–Trinajstić information content (AvgIpc) is 3.05. The van der Waals surface area contributed by atoms with Gasteiger partial charge in [-0.2, -0.15) is 5.10 Å². The summed E-state index contributed by atoms with van der Waals surface area (Å²) in [6, 6.07) is 9.05. The van der Waals surface area contributed by atoms with Crippen LogP contribution in [0.4, 0.5) is 15.8 Å². The van der Waals surface area contributed by atoms with E-state index in [9.17, 15) is 24.1 Å². The molecule has 0 fully saturated rings. The molecule has 0 aliphatic heterocycles. The zero-order valence-electron chi connectivity index (χ0n) is 14.5. The number of non-ortho nitro benzene ring substituents is 1. The summed E-state index contributed by atoms with van der Waals surface area (Å²) in [4.78, 5) is 34.2. The topological polar surface area (TPSA) is 133 Å². The number of hydrogen-bond acceptors (Lipinski definition) is 5. The first-order chi connectivity index (χ1) is 13.3. The molecule has 0 saturated carbocycles. The van der Waals surface area contributed by atoms with Crippen molar-refractivity contribution in [2.24, 2.45) is 12.8 Å². The van der Waals surface area contributed by atoms with Crippen LogP contribution in [0.1, 0.15) is 20.7 Å². The van der Waals surface area contributed by atoms with Crippen LogP contribution in [-0.4, -0.2) is 26.5 Å². The number of rotatable bonds is 5. The van der Waals surface area contributed by atoms with Crippen LogP contribution in [-0.2, 0) is 7.05 Å². The molecule has 0 radical (unpaired) electrons. The lowest BCUT2D eigenvalue weighted by atomic mass is 10.1. The summed E-state index contributed by atoms with van der Waals surface area (Å²) in [5.74, 6) is -2.30. The third kappa shape index (κ3) is 3.70. The molecule has 142 valence electrons. The molecule has 3 N–H and O–H groups in total. The Morgan fingerprint density at radius 1 is 1.18 bits per heavy atom. The first-order valence-electron chi connectivity index (χ1n) is 7.95. The number of nitrogens with one attached hydrogen (secondary N) is 1. The fourth-order valence-corrected chi connectivity index (χ4v) is 2.60. The molecule has 3 aromatic rings. The van der Waals surface area contributed by atoms with E-state index in [1.807, 2.05) is 0 Å². The molecule has 0 spiro atoms. The van der Waals surface area contributed by atoms with Crippen LogP contribution in [0.5, 0.6) is 0 Å². The van der Waals surface area contributed by atoms with E-state index < -0.39 is 22.6 Å². The first kappa shape index (κ1) is 18.7. The van der Waals surface area contributed by atoms with Crippen molar-refractivity contribution in [1.82, 2.24) is 9.78 Å². The molecule has 1 heterocycles. The van der Waals surface area contributed by atoms with Gasteiger partial charge in [-0.25, -0.2) is 4.39 Å². The van der Waals surface area contributed by atoms with E-state index in [-0.39, 0.29) is 22.5 Å². The number of nitro benzene ring substituents is 1. The second kappa shape index (κ2) is 7.27. The molecule has 10 heteroatoms. The fourth-order valence-electron chi connectivity index (χ4n) is 2.60. The smallest absolute Gasteiger partial charge is 0.269 e. The predicted molar refractivity (Wildman–Crippen MR) is 98.2 cm³/mol. The molecule has 0 aliphatic rings. The highest BCUT2D eigenvalue weighted by Gasteiger charge is 2.19. The van der Waals surface area contributed by atoms with Gasteiger partial charge < -0.3 is 11.1 Å². The number of primary amides is 1. The average molecular weight is 383 g/mol. The second-order valence-corrected chi connectivity index (χ2v) is 5.88. The van der Waals surface area contributed by atoms with E-state index in [1.165, 1.54) is 41.2 Å². The molecular weight excluding hydrogens is 369 g/mol. The van der Waals surface area contributed by atoms with Gasteiger partial charge in [0.05, 0.1) is 16.1 Å². The van der Waals surface area contributed by atoms with E-state index in [1.54, 1.807) is 7.05 Å². The largest absolute Gasteiger partial charge is 0.366 e. The lowest BCUT2D eigenvalue weighted by Gasteiger charge is -2.07. The lowest BCUT2D eigenvalue weighted by molar-refractivity contribution is -0.384. The van der Waals surface area contributed by atoms with E-state index in [0.717, 1.165) is 12.1 Å². The highest BCUT2D eigenvalue weighted by molar-refractivity contribution is 6.08. The summed E-state index contributed by atoms with van der Waals surface area (Å²) in [7, 11) is 1.62. The van der Waals surface area contributed by atoms with Crippen LogP contribution in [0.25, 0.3) is 11.3 Å². The monoisotopic (exact) mass is 383 g/mol. The fraction of sp³-hybridized carbons (Fsp3) is 0.0556. The number of anilines is 1. The number of carbonyl (C=O) groups is 2. The molecule has 1 aromatic heterocycles. The van der Waals surface area contributed by atoms with Gasteiger partial charge in [-0.3, -0.25) is 24.4 Å². The van der Waals surface area contributed by atoms with E-state index in [4.69, 9.17) is 5.73 Å². The second-order valence-electron chi connectivity index (χ2n) is 5.88. The van der Waals surface area contributed by atoms with Gasteiger partial charge in [0.2, 0.25) is 0 Å². The van der Waals surface area contributed by atoms with Gasteiger partial charge in [-0.15, -0.1) is 0 Å². The number of benzene rings is 2. The molecule has 9 nitrogen and oxygen atoms in total. The Morgan fingerprint density at radius 3 is 2.46 bits per heavy atom. The summed E-state index contributed by atoms with van der Waals surface area (Å²) in [6.07, 6.45) is 1.48. The van der Waals surface area contributed by atoms with Crippen molar-refractivity contribution < 1.29 is 18.9 Å². The Hall–Kier alpha value is -4.08. The molecule has 0 aliphatic carbocycles. The van der Waals surface area contributed by atoms with Gasteiger partial charge in [0.1, 0.15) is 11.5 Å². The zero-order valence-corrected chi connectivity index (χ0v) is 14.5. The van der Waals surface area contributed by atoms with E-state index in [0.29, 0.717) is 11.3 Å². The number of aryl methyl sites for hydroxylation is 1. The third-order valence-corrected chi connectivity index (χ3v) is 3.91. The Morgan fingerprint density at radius 2 is 1.86 bits per heavy atom. The Kier molecular flexibility index (Phi) is 4.86. The molecule has 0 atom stereocenters. The van der Waals surface area contributed by atoms with E-state index in [2.05, 4.69) is 10.4 Å². The molecular formula is C18H14FN5O4. The number of aromatic nitrogens is 2. The highest BCUT2D eigenvalue weighted by atomic mass is 19.1. The van der Waals surface area contributed by atoms with Gasteiger partial charge >= 0.3 is 0 Å². The molecule has 28 heavy (non-hydrogen) atoms. The number of nitrogens with two attached hydrogens (primary N) is 1. The number of nitro groups is 1. The van der Waals surface area contributed by atoms with Crippen LogP contribution < -0.4 is 11.1 Å². The maximum absolute atomic E-state index is 13.6. The number of hydrogen-bond donors (Lipinski definition) is 2. The van der Waals surface area contributed by atoms with Crippen LogP contribution in [0, 0.1) is 15.9 Å². The van der Waals surface area contributed by atoms with Crippen molar-refractivity contribution in [2.75, 3.05) is 5.32 Å². The van der Waals surface area contributed by atoms with Crippen molar-refractivity contribution in [2.45, 2.75) is 0 Å². The van der Waals surface area contributed by atoms with Gasteiger partial charge in [0, 0.05) is 36.6 Å². The molecule has 0 bridgehead atoms. The standard InChI is InChI=1S/C18H14FN5O4/c1-23-9-14(16(22-23)10-2-5-12(6-3-10)24(27)28)18(26)21-11-4-7-15(19)13(8-11)17(20)25/h2-9H,1H3,(H2,20,25)(H,21,26). The minimum absolute atomic E-state index is 0.0871. The minimum Gasteiger partial charge on any atom is -0.366 e. The Balaban J connectivity index is 1.92. The SMILES string of the molecule is Cn1cc(C(=O)Nc2ccc(F)c(C(N)=O)c2)c(-c2ccc([N+](=O)[O-])cc2)n1. The predicted octanol–water partition coefficient (Wildman–Crippen LogP) is 2.49. The normalized spacial score (nSPS) is 10.5. The van der Waals surface area contributed by atoms with Gasteiger partial charge in [-0.1, -0.05) is 0 Å². The maximum atomic E-state index is 13.6. The van der Waals surface area contributed by atoms with Crippen LogP contribution in [0.2, 0.25) is 0 Å². The van der Waals surface area contributed by atoms with E-state index >= 15 is 0 Å². The number of halogens is 1. The van der Waals surface area contributed by atoms with Crippen molar-refractivity contribution in [1.29, 1.82) is 0 Å². The highest BCUT2D eigenvalue weighted by Crippen LogP contribution is 2.25. The summed E-state index contributed by atoms with van der Waals surface area (Å²) in [5.41, 5.74) is 5.87. The van der Waals surface area contributed by atoms with Crippen LogP contribution >= 0.6 is 0 Å². The van der Waals surface area contributed by atoms with Gasteiger partial charge in [0.15, 0.2) is 0 Å². The van der Waals surface area contributed by atoms with Crippen molar-refractivity contribution in [3.05, 3.63) is 75.7 Å². The minimum atomic E-state index is -0.957. The third-order valence-electron chi connectivity index (χ3n) is 3.91. The summed E-state index contributed by atoms with van der Waals surface area (Å²) >= 11 is 0. The van der Waals surface area contributed by atoms with Crippen molar-refractivity contribution in [3.63, 3.8) is 0 Å². The summed E-state index contributed by atoms with van der Waals surface area (Å²) < 4.78 is 15.0. The van der Waals surface area contributed by atoms with Crippen LogP contribution in [0.15, 0.2) is 48.7 Å². The van der Waals surface area contributed by atoms with Crippen LogP contribution in [0.3, 0.4) is 0 Å². The number of carbonyl (C=O) groups excluding carboxylic acids is 2. The first-order valence-corrected chi connectivity index (χ1v) is 7.95. The Bertz CT molecular complexity index is 1090. The zero-order chi connectivity index (χ0) is 20.4. The number of nitrogens with zero attached hydrogens (tertiary/aromatic N) is 3. The van der Waals surface area contributed by atoms with Crippen molar-refractivity contribution >= 4 is 23.2 Å². The molecule has 2 aromatic carbocycles. The quantitative estimate of drug-likeness (QED) is 0.516. The molecule has 0 saturated heterocycles. The number of amides is 2. The molecule has 0 unspecified atom stereocenters. The summed E-state index contributed by atoms with van der Waals surface area (Å²) in [5, 5.41) is 17.6. The summed E-state index contributed by atoms with van der Waals surface area (Å²) in [6.45, 7) is 0. The molecule has 3 rings (SSSR count). The van der Waals surface area contributed by atoms with Crippen molar-refractivity contribution in [3.8, 4) is 11.3 Å². The lowest BCUT2D eigenvalue weighted by Crippen LogP contribution is -2.16. The van der Waals surface area contributed by atoms with Gasteiger partial charge in [-0.05, 0) is 30.3 Å².